The van der Waals surface area contributed by atoms with Gasteiger partial charge in [0.25, 0.3) is 0 Å². The summed E-state index contributed by atoms with van der Waals surface area (Å²) in [5.74, 6) is 0.991. The SMILES string of the molecule is COc1ccc(Cl)cc1CN1CCN(C(=O)C2(N)CCCC2)CC1.Cl.Cl. The Labute approximate surface area is 173 Å². The molecule has 2 N–H and O–H groups in total. The fourth-order valence-corrected chi connectivity index (χ4v) is 3.95. The quantitative estimate of drug-likeness (QED) is 0.807. The van der Waals surface area contributed by atoms with E-state index < -0.39 is 5.54 Å². The minimum absolute atomic E-state index is 0. The van der Waals surface area contributed by atoms with E-state index in [1.807, 2.05) is 23.1 Å². The Balaban J connectivity index is 0.00000169. The predicted octanol–water partition coefficient (Wildman–Crippen LogP) is 3.11. The molecule has 0 aromatic heterocycles. The van der Waals surface area contributed by atoms with Crippen LogP contribution < -0.4 is 10.5 Å². The highest BCUT2D eigenvalue weighted by Gasteiger charge is 2.40. The Hall–Kier alpha value is -0.720. The number of rotatable bonds is 4. The van der Waals surface area contributed by atoms with Gasteiger partial charge in [-0.1, -0.05) is 24.4 Å². The molecule has 5 nitrogen and oxygen atoms in total. The van der Waals surface area contributed by atoms with E-state index in [1.165, 1.54) is 0 Å². The maximum Gasteiger partial charge on any atom is 0.242 e. The van der Waals surface area contributed by atoms with Gasteiger partial charge in [0.1, 0.15) is 5.75 Å². The molecule has 2 fully saturated rings. The molecule has 0 spiro atoms. The lowest BCUT2D eigenvalue weighted by Gasteiger charge is -2.38. The average Bonchev–Trinajstić information content (AvgIpc) is 3.03. The molecule has 8 heteroatoms. The lowest BCUT2D eigenvalue weighted by molar-refractivity contribution is -0.138. The molecule has 26 heavy (non-hydrogen) atoms. The van der Waals surface area contributed by atoms with Crippen molar-refractivity contribution in [3.8, 4) is 5.75 Å². The van der Waals surface area contributed by atoms with Crippen LogP contribution in [0.4, 0.5) is 0 Å². The van der Waals surface area contributed by atoms with Gasteiger partial charge in [-0.15, -0.1) is 24.8 Å². The third-order valence-electron chi connectivity index (χ3n) is 5.22. The molecule has 0 atom stereocenters. The van der Waals surface area contributed by atoms with Crippen molar-refractivity contribution < 1.29 is 9.53 Å². The van der Waals surface area contributed by atoms with Gasteiger partial charge in [-0.2, -0.15) is 0 Å². The minimum atomic E-state index is -0.613. The second-order valence-corrected chi connectivity index (χ2v) is 7.32. The van der Waals surface area contributed by atoms with Crippen LogP contribution in [0.2, 0.25) is 5.02 Å². The van der Waals surface area contributed by atoms with Crippen molar-refractivity contribution in [3.63, 3.8) is 0 Å². The van der Waals surface area contributed by atoms with E-state index in [1.54, 1.807) is 7.11 Å². The van der Waals surface area contributed by atoms with Crippen LogP contribution in [-0.2, 0) is 11.3 Å². The van der Waals surface area contributed by atoms with Crippen molar-refractivity contribution in [2.45, 2.75) is 37.8 Å². The van der Waals surface area contributed by atoms with Crippen LogP contribution in [0.3, 0.4) is 0 Å². The van der Waals surface area contributed by atoms with E-state index in [0.29, 0.717) is 5.02 Å². The maximum atomic E-state index is 12.7. The zero-order chi connectivity index (χ0) is 17.2. The zero-order valence-electron chi connectivity index (χ0n) is 15.1. The number of piperazine rings is 1. The number of amides is 1. The Kier molecular flexibility index (Phi) is 8.97. The molecule has 1 aliphatic heterocycles. The summed E-state index contributed by atoms with van der Waals surface area (Å²) in [6, 6.07) is 5.68. The third kappa shape index (κ3) is 5.17. The van der Waals surface area contributed by atoms with Crippen molar-refractivity contribution in [2.24, 2.45) is 5.73 Å². The van der Waals surface area contributed by atoms with Crippen LogP contribution in [0, 0.1) is 0 Å². The topological polar surface area (TPSA) is 58.8 Å². The monoisotopic (exact) mass is 423 g/mol. The van der Waals surface area contributed by atoms with Crippen molar-refractivity contribution in [3.05, 3.63) is 28.8 Å². The first kappa shape index (κ1) is 23.3. The van der Waals surface area contributed by atoms with Gasteiger partial charge in [-0.3, -0.25) is 9.69 Å². The van der Waals surface area contributed by atoms with Crippen LogP contribution in [0.25, 0.3) is 0 Å². The molecule has 0 radical (unpaired) electrons. The van der Waals surface area contributed by atoms with Gasteiger partial charge < -0.3 is 15.4 Å². The molecule has 1 saturated carbocycles. The van der Waals surface area contributed by atoms with Crippen molar-refractivity contribution in [2.75, 3.05) is 33.3 Å². The number of carbonyl (C=O) groups excluding carboxylic acids is 1. The van der Waals surface area contributed by atoms with E-state index in [-0.39, 0.29) is 30.7 Å². The number of halogens is 3. The second kappa shape index (κ2) is 10.00. The number of nitrogens with zero attached hydrogens (tertiary/aromatic N) is 2. The molecule has 0 unspecified atom stereocenters. The smallest absolute Gasteiger partial charge is 0.242 e. The minimum Gasteiger partial charge on any atom is -0.496 e. The first-order chi connectivity index (χ1) is 11.5. The Bertz CT molecular complexity index is 601. The highest BCUT2D eigenvalue weighted by atomic mass is 35.5. The molecule has 3 rings (SSSR count). The highest BCUT2D eigenvalue weighted by molar-refractivity contribution is 6.30. The van der Waals surface area contributed by atoms with Crippen LogP contribution in [0.5, 0.6) is 5.75 Å². The van der Waals surface area contributed by atoms with E-state index >= 15 is 0 Å². The summed E-state index contributed by atoms with van der Waals surface area (Å²) in [6.07, 6.45) is 3.78. The molecular formula is C18H28Cl3N3O2. The first-order valence-corrected chi connectivity index (χ1v) is 9.03. The molecule has 1 aliphatic carbocycles. The molecule has 1 amide bonds. The summed E-state index contributed by atoms with van der Waals surface area (Å²) < 4.78 is 5.42. The van der Waals surface area contributed by atoms with Gasteiger partial charge in [-0.25, -0.2) is 0 Å². The molecule has 148 valence electrons. The first-order valence-electron chi connectivity index (χ1n) is 8.65. The molecule has 1 aromatic rings. The molecule has 1 saturated heterocycles. The Morgan fingerprint density at radius 1 is 1.19 bits per heavy atom. The van der Waals surface area contributed by atoms with Gasteiger partial charge in [0.15, 0.2) is 0 Å². The van der Waals surface area contributed by atoms with Crippen LogP contribution in [-0.4, -0.2) is 54.5 Å². The van der Waals surface area contributed by atoms with Crippen molar-refractivity contribution >= 4 is 42.3 Å². The predicted molar refractivity (Wildman–Crippen MR) is 110 cm³/mol. The van der Waals surface area contributed by atoms with Gasteiger partial charge in [0.05, 0.1) is 12.6 Å². The van der Waals surface area contributed by atoms with E-state index in [2.05, 4.69) is 4.90 Å². The summed E-state index contributed by atoms with van der Waals surface area (Å²) in [4.78, 5) is 16.9. The summed E-state index contributed by atoms with van der Waals surface area (Å²) in [7, 11) is 1.67. The van der Waals surface area contributed by atoms with Gasteiger partial charge in [-0.05, 0) is 31.0 Å². The largest absolute Gasteiger partial charge is 0.496 e. The van der Waals surface area contributed by atoms with Gasteiger partial charge in [0, 0.05) is 43.3 Å². The summed E-state index contributed by atoms with van der Waals surface area (Å²) in [6.45, 7) is 3.94. The summed E-state index contributed by atoms with van der Waals surface area (Å²) >= 11 is 6.10. The fourth-order valence-electron chi connectivity index (χ4n) is 3.76. The van der Waals surface area contributed by atoms with Crippen molar-refractivity contribution in [1.29, 1.82) is 0 Å². The van der Waals surface area contributed by atoms with Gasteiger partial charge >= 0.3 is 0 Å². The number of methoxy groups -OCH3 is 1. The number of hydrogen-bond acceptors (Lipinski definition) is 4. The summed E-state index contributed by atoms with van der Waals surface area (Å²) in [5.41, 5.74) is 6.78. The lowest BCUT2D eigenvalue weighted by Crippen LogP contribution is -2.58. The number of carbonyl (C=O) groups is 1. The Morgan fingerprint density at radius 2 is 1.81 bits per heavy atom. The van der Waals surface area contributed by atoms with Gasteiger partial charge in [0.2, 0.25) is 5.91 Å². The third-order valence-corrected chi connectivity index (χ3v) is 5.45. The second-order valence-electron chi connectivity index (χ2n) is 6.89. The van der Waals surface area contributed by atoms with Crippen molar-refractivity contribution in [1.82, 2.24) is 9.80 Å². The molecule has 1 heterocycles. The number of ether oxygens (including phenoxy) is 1. The Morgan fingerprint density at radius 3 is 2.38 bits per heavy atom. The molecule has 1 aromatic carbocycles. The normalized spacial score (nSPS) is 19.4. The zero-order valence-corrected chi connectivity index (χ0v) is 17.5. The van der Waals surface area contributed by atoms with E-state index in [4.69, 9.17) is 22.1 Å². The van der Waals surface area contributed by atoms with E-state index in [0.717, 1.165) is 69.7 Å². The number of hydrogen-bond donors (Lipinski definition) is 1. The van der Waals surface area contributed by atoms with Crippen LogP contribution in [0.1, 0.15) is 31.2 Å². The molecular weight excluding hydrogens is 397 g/mol. The van der Waals surface area contributed by atoms with Crippen LogP contribution >= 0.6 is 36.4 Å². The van der Waals surface area contributed by atoms with Crippen LogP contribution in [0.15, 0.2) is 18.2 Å². The average molecular weight is 425 g/mol. The number of benzene rings is 1. The van der Waals surface area contributed by atoms with E-state index in [9.17, 15) is 4.79 Å². The highest BCUT2D eigenvalue weighted by Crippen LogP contribution is 2.30. The molecule has 0 bridgehead atoms. The number of nitrogens with two attached hydrogens (primary N) is 1. The fraction of sp³-hybridized carbons (Fsp3) is 0.611. The maximum absolute atomic E-state index is 12.7. The summed E-state index contributed by atoms with van der Waals surface area (Å²) in [5, 5.41) is 0.714. The standard InChI is InChI=1S/C18H26ClN3O2.2ClH/c1-24-16-5-4-15(19)12-14(16)13-21-8-10-22(11-9-21)17(23)18(20)6-2-3-7-18;;/h4-5,12H,2-3,6-11,13,20H2,1H3;2*1H. The molecule has 2 aliphatic rings. The lowest BCUT2D eigenvalue weighted by atomic mass is 9.97.